The fourth-order valence-electron chi connectivity index (χ4n) is 2.34. The van der Waals surface area contributed by atoms with Gasteiger partial charge in [0.2, 0.25) is 0 Å². The number of carbonyl (C=O) groups excluding carboxylic acids is 2. The van der Waals surface area contributed by atoms with Crippen molar-refractivity contribution >= 4 is 28.3 Å². The third kappa shape index (κ3) is 3.58. The van der Waals surface area contributed by atoms with Crippen molar-refractivity contribution in [3.8, 4) is 11.3 Å². The number of anilines is 1. The Kier molecular flexibility index (Phi) is 4.62. The molecule has 25 heavy (non-hydrogen) atoms. The number of esters is 1. The highest BCUT2D eigenvalue weighted by Crippen LogP contribution is 2.25. The Hall–Kier alpha value is -3.00. The molecule has 0 aliphatic heterocycles. The lowest BCUT2D eigenvalue weighted by molar-refractivity contribution is 0.0600. The van der Waals surface area contributed by atoms with Gasteiger partial charge in [0.1, 0.15) is 5.69 Å². The number of amides is 1. The topological polar surface area (TPSA) is 86.1 Å². The van der Waals surface area contributed by atoms with E-state index in [1.807, 2.05) is 12.3 Å². The minimum atomic E-state index is -0.385. The average Bonchev–Trinajstić information content (AvgIpc) is 3.20. The number of rotatable bonds is 4. The summed E-state index contributed by atoms with van der Waals surface area (Å²) < 4.78 is 6.21. The molecule has 3 rings (SSSR count). The minimum Gasteiger partial charge on any atom is -0.465 e. The van der Waals surface area contributed by atoms with Crippen LogP contribution in [0, 0.1) is 6.92 Å². The van der Waals surface area contributed by atoms with Crippen LogP contribution in [0.1, 0.15) is 26.5 Å². The molecule has 0 unspecified atom stereocenters. The zero-order valence-electron chi connectivity index (χ0n) is 13.9. The van der Waals surface area contributed by atoms with Gasteiger partial charge in [-0.15, -0.1) is 11.3 Å². The van der Waals surface area contributed by atoms with Gasteiger partial charge in [0.25, 0.3) is 5.91 Å². The number of aryl methyl sites for hydroxylation is 2. The molecule has 0 bridgehead atoms. The van der Waals surface area contributed by atoms with E-state index in [9.17, 15) is 9.59 Å². The first-order chi connectivity index (χ1) is 12.0. The normalized spacial score (nSPS) is 10.5. The lowest BCUT2D eigenvalue weighted by Gasteiger charge is -2.02. The zero-order valence-corrected chi connectivity index (χ0v) is 14.8. The second-order valence-corrected chi connectivity index (χ2v) is 6.21. The molecule has 1 amide bonds. The fraction of sp³-hybridized carbons (Fsp3) is 0.176. The Bertz CT molecular complexity index is 928. The third-order valence-electron chi connectivity index (χ3n) is 3.56. The highest BCUT2D eigenvalue weighted by Gasteiger charge is 2.14. The number of hydrogen-bond acceptors (Lipinski definition) is 6. The van der Waals surface area contributed by atoms with Gasteiger partial charge in [-0.05, 0) is 25.1 Å². The van der Waals surface area contributed by atoms with Gasteiger partial charge in [-0.1, -0.05) is 12.1 Å². The van der Waals surface area contributed by atoms with Crippen LogP contribution in [0.4, 0.5) is 5.13 Å². The molecule has 1 aromatic carbocycles. The van der Waals surface area contributed by atoms with E-state index in [4.69, 9.17) is 0 Å². The molecule has 0 fully saturated rings. The second-order valence-electron chi connectivity index (χ2n) is 5.36. The molecule has 1 N–H and O–H groups in total. The van der Waals surface area contributed by atoms with Crippen LogP contribution in [0.2, 0.25) is 0 Å². The molecule has 0 aliphatic rings. The predicted molar refractivity (Wildman–Crippen MR) is 94.8 cm³/mol. The van der Waals surface area contributed by atoms with E-state index in [1.54, 1.807) is 37.4 Å². The lowest BCUT2D eigenvalue weighted by Crippen LogP contribution is -2.15. The smallest absolute Gasteiger partial charge is 0.337 e. The van der Waals surface area contributed by atoms with Crippen LogP contribution in [0.25, 0.3) is 11.3 Å². The number of nitrogens with zero attached hydrogens (tertiary/aromatic N) is 3. The second kappa shape index (κ2) is 6.86. The third-order valence-corrected chi connectivity index (χ3v) is 4.32. The van der Waals surface area contributed by atoms with Gasteiger partial charge in [0.15, 0.2) is 5.13 Å². The van der Waals surface area contributed by atoms with Gasteiger partial charge >= 0.3 is 5.97 Å². The van der Waals surface area contributed by atoms with E-state index in [0.717, 1.165) is 17.0 Å². The van der Waals surface area contributed by atoms with E-state index in [0.29, 0.717) is 16.4 Å². The van der Waals surface area contributed by atoms with Crippen molar-refractivity contribution in [1.29, 1.82) is 0 Å². The first-order valence-electron chi connectivity index (χ1n) is 7.44. The Morgan fingerprint density at radius 2 is 1.96 bits per heavy atom. The first-order valence-corrected chi connectivity index (χ1v) is 8.32. The lowest BCUT2D eigenvalue weighted by atomic mass is 10.1. The van der Waals surface area contributed by atoms with Crippen molar-refractivity contribution in [3.05, 3.63) is 52.7 Å². The molecule has 2 heterocycles. The molecule has 0 radical (unpaired) electrons. The summed E-state index contributed by atoms with van der Waals surface area (Å²) in [5.74, 6) is -0.644. The highest BCUT2D eigenvalue weighted by molar-refractivity contribution is 7.14. The van der Waals surface area contributed by atoms with E-state index < -0.39 is 0 Å². The van der Waals surface area contributed by atoms with Gasteiger partial charge < -0.3 is 4.74 Å². The molecular formula is C17H16N4O3S. The highest BCUT2D eigenvalue weighted by atomic mass is 32.1. The molecule has 0 atom stereocenters. The zero-order chi connectivity index (χ0) is 18.0. The van der Waals surface area contributed by atoms with Gasteiger partial charge in [0.05, 0.1) is 24.1 Å². The summed E-state index contributed by atoms with van der Waals surface area (Å²) in [6.07, 6.45) is 0. The number of methoxy groups -OCH3 is 1. The Balaban J connectivity index is 1.75. The molecule has 0 spiro atoms. The number of nitrogens with one attached hydrogen (secondary N) is 1. The molecule has 0 saturated heterocycles. The largest absolute Gasteiger partial charge is 0.465 e. The van der Waals surface area contributed by atoms with Crippen molar-refractivity contribution in [3.63, 3.8) is 0 Å². The maximum absolute atomic E-state index is 12.3. The van der Waals surface area contributed by atoms with Crippen molar-refractivity contribution in [1.82, 2.24) is 14.8 Å². The molecule has 2 aromatic heterocycles. The Morgan fingerprint density at radius 3 is 2.56 bits per heavy atom. The van der Waals surface area contributed by atoms with Crippen molar-refractivity contribution < 1.29 is 14.3 Å². The minimum absolute atomic E-state index is 0.259. The number of ether oxygens (including phenoxy) is 1. The van der Waals surface area contributed by atoms with Crippen LogP contribution in [0.15, 0.2) is 35.7 Å². The van der Waals surface area contributed by atoms with E-state index in [2.05, 4.69) is 20.1 Å². The standard InChI is InChI=1S/C17H16N4O3S/c1-10-8-14(21(2)20-10)15(22)19-17-18-13(9-25-17)11-4-6-12(7-5-11)16(23)24-3/h4-9H,1-3H3,(H,18,19,22). The first kappa shape index (κ1) is 16.8. The van der Waals surface area contributed by atoms with Crippen LogP contribution in [-0.4, -0.2) is 33.8 Å². The van der Waals surface area contributed by atoms with Gasteiger partial charge in [0, 0.05) is 18.0 Å². The molecule has 128 valence electrons. The van der Waals surface area contributed by atoms with Crippen molar-refractivity contribution in [2.24, 2.45) is 7.05 Å². The number of hydrogen-bond donors (Lipinski definition) is 1. The summed E-state index contributed by atoms with van der Waals surface area (Å²) in [6, 6.07) is 8.65. The summed E-state index contributed by atoms with van der Waals surface area (Å²) in [5.41, 5.74) is 3.29. The summed E-state index contributed by atoms with van der Waals surface area (Å²) in [4.78, 5) is 28.2. The fourth-order valence-corrected chi connectivity index (χ4v) is 3.06. The van der Waals surface area contributed by atoms with Crippen molar-refractivity contribution in [2.45, 2.75) is 6.92 Å². The van der Waals surface area contributed by atoms with Gasteiger partial charge in [-0.3, -0.25) is 14.8 Å². The Labute approximate surface area is 148 Å². The van der Waals surface area contributed by atoms with Crippen LogP contribution in [-0.2, 0) is 11.8 Å². The van der Waals surface area contributed by atoms with Crippen LogP contribution in [0.5, 0.6) is 0 Å². The van der Waals surface area contributed by atoms with E-state index >= 15 is 0 Å². The van der Waals surface area contributed by atoms with E-state index in [1.165, 1.54) is 23.1 Å². The molecule has 0 aliphatic carbocycles. The maximum atomic E-state index is 12.3. The quantitative estimate of drug-likeness (QED) is 0.727. The average molecular weight is 356 g/mol. The molecule has 8 heteroatoms. The summed E-state index contributed by atoms with van der Waals surface area (Å²) in [5, 5.41) is 9.27. The summed E-state index contributed by atoms with van der Waals surface area (Å²) >= 11 is 1.33. The maximum Gasteiger partial charge on any atom is 0.337 e. The number of thiazole rings is 1. The van der Waals surface area contributed by atoms with Crippen LogP contribution >= 0.6 is 11.3 Å². The van der Waals surface area contributed by atoms with Crippen LogP contribution < -0.4 is 5.32 Å². The van der Waals surface area contributed by atoms with Gasteiger partial charge in [-0.25, -0.2) is 9.78 Å². The molecule has 0 saturated carbocycles. The molecule has 7 nitrogen and oxygen atoms in total. The number of carbonyl (C=O) groups is 2. The van der Waals surface area contributed by atoms with Gasteiger partial charge in [-0.2, -0.15) is 5.10 Å². The Morgan fingerprint density at radius 1 is 1.24 bits per heavy atom. The van der Waals surface area contributed by atoms with E-state index in [-0.39, 0.29) is 11.9 Å². The SMILES string of the molecule is COC(=O)c1ccc(-c2csc(NC(=O)c3cc(C)nn3C)n2)cc1. The summed E-state index contributed by atoms with van der Waals surface area (Å²) in [6.45, 7) is 1.83. The number of aromatic nitrogens is 3. The predicted octanol–water partition coefficient (Wildman–Crippen LogP) is 2.89. The van der Waals surface area contributed by atoms with Crippen molar-refractivity contribution in [2.75, 3.05) is 12.4 Å². The molecular weight excluding hydrogens is 340 g/mol. The summed E-state index contributed by atoms with van der Waals surface area (Å²) in [7, 11) is 3.06. The molecule has 3 aromatic rings. The van der Waals surface area contributed by atoms with Crippen LogP contribution in [0.3, 0.4) is 0 Å². The number of benzene rings is 1. The monoisotopic (exact) mass is 356 g/mol.